The Balaban J connectivity index is 0. The molecule has 0 radical (unpaired) electrons. The van der Waals surface area contributed by atoms with Crippen LogP contribution in [-0.4, -0.2) is 6.43 Å². The van der Waals surface area contributed by atoms with Gasteiger partial charge in [0.2, 0.25) is 6.43 Å². The van der Waals surface area contributed by atoms with Crippen LogP contribution in [0.15, 0.2) is 0 Å². The van der Waals surface area contributed by atoms with Crippen molar-refractivity contribution in [3.05, 3.63) is 0 Å². The lowest BCUT2D eigenvalue weighted by atomic mass is 9.93. The summed E-state index contributed by atoms with van der Waals surface area (Å²) in [5.41, 5.74) is -0.228. The first-order valence-corrected chi connectivity index (χ1v) is 3.70. The molecular formula is C8H18F2. The topological polar surface area (TPSA) is 0 Å². The van der Waals surface area contributed by atoms with Crippen LogP contribution in [0.1, 0.15) is 41.0 Å². The largest absolute Gasteiger partial charge is 0.239 e. The molecule has 0 heterocycles. The van der Waals surface area contributed by atoms with Gasteiger partial charge in [-0.15, -0.1) is 0 Å². The van der Waals surface area contributed by atoms with Gasteiger partial charge in [-0.1, -0.05) is 34.6 Å². The quantitative estimate of drug-likeness (QED) is 0.537. The molecule has 0 N–H and O–H groups in total. The Bertz CT molecular complexity index is 62.1. The summed E-state index contributed by atoms with van der Waals surface area (Å²) in [6, 6.07) is 0. The first kappa shape index (κ1) is 12.5. The van der Waals surface area contributed by atoms with Crippen molar-refractivity contribution in [2.24, 2.45) is 5.41 Å². The van der Waals surface area contributed by atoms with Crippen LogP contribution >= 0.6 is 0 Å². The Kier molecular flexibility index (Phi) is 7.05. The van der Waals surface area contributed by atoms with Crippen LogP contribution in [0.3, 0.4) is 0 Å². The monoisotopic (exact) mass is 152 g/mol. The summed E-state index contributed by atoms with van der Waals surface area (Å²) < 4.78 is 23.1. The molecular weight excluding hydrogens is 134 g/mol. The van der Waals surface area contributed by atoms with Crippen molar-refractivity contribution in [1.82, 2.24) is 0 Å². The fourth-order valence-corrected chi connectivity index (χ4v) is 0.463. The van der Waals surface area contributed by atoms with Crippen molar-refractivity contribution >= 4 is 0 Å². The third kappa shape index (κ3) is 15.7. The van der Waals surface area contributed by atoms with E-state index in [0.717, 1.165) is 0 Å². The predicted octanol–water partition coefficient (Wildman–Crippen LogP) is 3.71. The van der Waals surface area contributed by atoms with Crippen LogP contribution in [0.25, 0.3) is 0 Å². The van der Waals surface area contributed by atoms with E-state index in [1.807, 2.05) is 13.8 Å². The lowest BCUT2D eigenvalue weighted by Crippen LogP contribution is -2.09. The lowest BCUT2D eigenvalue weighted by molar-refractivity contribution is 0.0945. The molecule has 0 aliphatic heterocycles. The van der Waals surface area contributed by atoms with E-state index >= 15 is 0 Å². The van der Waals surface area contributed by atoms with Gasteiger partial charge in [0.15, 0.2) is 0 Å². The van der Waals surface area contributed by atoms with E-state index in [-0.39, 0.29) is 11.8 Å². The zero-order valence-corrected chi connectivity index (χ0v) is 7.54. The van der Waals surface area contributed by atoms with E-state index in [1.54, 1.807) is 20.8 Å². The van der Waals surface area contributed by atoms with Gasteiger partial charge in [0.05, 0.1) is 0 Å². The van der Waals surface area contributed by atoms with Gasteiger partial charge in [0.1, 0.15) is 0 Å². The van der Waals surface area contributed by atoms with Crippen LogP contribution < -0.4 is 0 Å². The minimum atomic E-state index is -2.16. The van der Waals surface area contributed by atoms with Crippen molar-refractivity contribution in [2.45, 2.75) is 47.5 Å². The third-order valence-corrected chi connectivity index (χ3v) is 0.767. The van der Waals surface area contributed by atoms with E-state index in [0.29, 0.717) is 0 Å². The van der Waals surface area contributed by atoms with Crippen molar-refractivity contribution in [3.8, 4) is 0 Å². The maximum atomic E-state index is 11.5. The molecule has 0 bridgehead atoms. The van der Waals surface area contributed by atoms with Crippen LogP contribution in [-0.2, 0) is 0 Å². The number of halogens is 2. The van der Waals surface area contributed by atoms with Crippen LogP contribution in [0.5, 0.6) is 0 Å². The van der Waals surface area contributed by atoms with Crippen molar-refractivity contribution in [1.29, 1.82) is 0 Å². The Hall–Kier alpha value is -0.140. The fourth-order valence-electron chi connectivity index (χ4n) is 0.463. The number of alkyl halides is 2. The Morgan fingerprint density at radius 3 is 1.40 bits per heavy atom. The molecule has 0 nitrogen and oxygen atoms in total. The Morgan fingerprint density at radius 2 is 1.40 bits per heavy atom. The summed E-state index contributed by atoms with van der Waals surface area (Å²) in [6.07, 6.45) is -2.16. The highest BCUT2D eigenvalue weighted by Crippen LogP contribution is 2.22. The van der Waals surface area contributed by atoms with Crippen molar-refractivity contribution < 1.29 is 8.78 Å². The molecule has 0 unspecified atom stereocenters. The average molecular weight is 152 g/mol. The molecule has 64 valence electrons. The van der Waals surface area contributed by atoms with Gasteiger partial charge in [-0.2, -0.15) is 0 Å². The molecule has 0 saturated carbocycles. The highest BCUT2D eigenvalue weighted by atomic mass is 19.3. The second-order valence-corrected chi connectivity index (χ2v) is 3.16. The molecule has 0 aliphatic rings. The average Bonchev–Trinajstić information content (AvgIpc) is 1.64. The molecule has 0 spiro atoms. The van der Waals surface area contributed by atoms with Crippen LogP contribution in [0.4, 0.5) is 8.78 Å². The van der Waals surface area contributed by atoms with E-state index in [9.17, 15) is 8.78 Å². The highest BCUT2D eigenvalue weighted by Gasteiger charge is 2.16. The third-order valence-electron chi connectivity index (χ3n) is 0.767. The molecule has 0 aromatic rings. The fraction of sp³-hybridized carbons (Fsp3) is 1.00. The molecule has 0 amide bonds. The maximum Gasteiger partial charge on any atom is 0.239 e. The van der Waals surface area contributed by atoms with Gasteiger partial charge in [-0.25, -0.2) is 8.78 Å². The van der Waals surface area contributed by atoms with Crippen molar-refractivity contribution in [2.75, 3.05) is 0 Å². The number of hydrogen-bond donors (Lipinski definition) is 0. The summed E-state index contributed by atoms with van der Waals surface area (Å²) in [5.74, 6) is 0. The number of hydrogen-bond acceptors (Lipinski definition) is 0. The molecule has 10 heavy (non-hydrogen) atoms. The van der Waals surface area contributed by atoms with Gasteiger partial charge in [0, 0.05) is 6.42 Å². The minimum absolute atomic E-state index is 0.00694. The summed E-state index contributed by atoms with van der Waals surface area (Å²) in [6.45, 7) is 9.41. The molecule has 0 rings (SSSR count). The van der Waals surface area contributed by atoms with Crippen LogP contribution in [0, 0.1) is 5.41 Å². The molecule has 0 fully saturated rings. The summed E-state index contributed by atoms with van der Waals surface area (Å²) in [4.78, 5) is 0. The van der Waals surface area contributed by atoms with E-state index in [1.165, 1.54) is 0 Å². The Morgan fingerprint density at radius 1 is 1.10 bits per heavy atom. The molecule has 0 aromatic carbocycles. The molecule has 0 aliphatic carbocycles. The first-order chi connectivity index (χ1) is 4.42. The van der Waals surface area contributed by atoms with Gasteiger partial charge in [0.25, 0.3) is 0 Å². The lowest BCUT2D eigenvalue weighted by Gasteiger charge is -2.16. The second-order valence-electron chi connectivity index (χ2n) is 3.16. The summed E-state index contributed by atoms with van der Waals surface area (Å²) in [7, 11) is 0. The van der Waals surface area contributed by atoms with E-state index in [2.05, 4.69) is 0 Å². The standard InChI is InChI=1S/C6H12F2.C2H6/c1-6(2,3)4-5(7)8;1-2/h5H,4H2,1-3H3;1-2H3. The zero-order valence-electron chi connectivity index (χ0n) is 7.54. The first-order valence-electron chi connectivity index (χ1n) is 3.70. The predicted molar refractivity (Wildman–Crippen MR) is 41.4 cm³/mol. The molecule has 0 saturated heterocycles. The highest BCUT2D eigenvalue weighted by molar-refractivity contribution is 4.61. The SMILES string of the molecule is CC.CC(C)(C)CC(F)F. The smallest absolute Gasteiger partial charge is 0.211 e. The van der Waals surface area contributed by atoms with E-state index < -0.39 is 6.43 Å². The summed E-state index contributed by atoms with van der Waals surface area (Å²) in [5, 5.41) is 0. The zero-order chi connectivity index (χ0) is 8.78. The van der Waals surface area contributed by atoms with Gasteiger partial charge in [-0.05, 0) is 5.41 Å². The number of rotatable bonds is 1. The normalized spacial score (nSPS) is 10.8. The van der Waals surface area contributed by atoms with Gasteiger partial charge < -0.3 is 0 Å². The molecule has 2 heteroatoms. The second kappa shape index (κ2) is 5.63. The molecule has 0 atom stereocenters. The van der Waals surface area contributed by atoms with Gasteiger partial charge in [-0.3, -0.25) is 0 Å². The maximum absolute atomic E-state index is 11.5. The van der Waals surface area contributed by atoms with Crippen molar-refractivity contribution in [3.63, 3.8) is 0 Å². The van der Waals surface area contributed by atoms with Crippen LogP contribution in [0.2, 0.25) is 0 Å². The van der Waals surface area contributed by atoms with E-state index in [4.69, 9.17) is 0 Å². The van der Waals surface area contributed by atoms with Gasteiger partial charge >= 0.3 is 0 Å². The molecule has 0 aromatic heterocycles. The summed E-state index contributed by atoms with van der Waals surface area (Å²) >= 11 is 0. The Labute approximate surface area is 62.6 Å². The minimum Gasteiger partial charge on any atom is -0.211 e.